The fourth-order valence-corrected chi connectivity index (χ4v) is 3.43. The van der Waals surface area contributed by atoms with Crippen molar-refractivity contribution < 1.29 is 4.79 Å². The van der Waals surface area contributed by atoms with Crippen molar-refractivity contribution in [3.8, 4) is 10.6 Å². The van der Waals surface area contributed by atoms with Crippen LogP contribution < -0.4 is 5.32 Å². The van der Waals surface area contributed by atoms with Crippen LogP contribution in [-0.2, 0) is 6.54 Å². The van der Waals surface area contributed by atoms with Gasteiger partial charge in [0, 0.05) is 22.2 Å². The van der Waals surface area contributed by atoms with Crippen LogP contribution in [-0.4, -0.2) is 10.9 Å². The highest BCUT2D eigenvalue weighted by Gasteiger charge is 2.16. The molecule has 0 bridgehead atoms. The molecule has 24 heavy (non-hydrogen) atoms. The molecule has 0 aliphatic rings. The lowest BCUT2D eigenvalue weighted by atomic mass is 10.2. The highest BCUT2D eigenvalue weighted by Crippen LogP contribution is 2.28. The predicted octanol–water partition coefficient (Wildman–Crippen LogP) is 5.36. The maximum Gasteiger partial charge on any atom is 0.263 e. The molecule has 0 atom stereocenters. The van der Waals surface area contributed by atoms with Crippen molar-refractivity contribution in [3.05, 3.63) is 74.7 Å². The third-order valence-electron chi connectivity index (χ3n) is 3.46. The Morgan fingerprint density at radius 3 is 2.25 bits per heavy atom. The number of nitrogens with zero attached hydrogens (tertiary/aromatic N) is 1. The van der Waals surface area contributed by atoms with Crippen molar-refractivity contribution in [1.29, 1.82) is 0 Å². The van der Waals surface area contributed by atoms with Crippen LogP contribution in [0.4, 0.5) is 0 Å². The third-order valence-corrected chi connectivity index (χ3v) is 5.17. The molecule has 0 fully saturated rings. The summed E-state index contributed by atoms with van der Waals surface area (Å²) in [6.07, 6.45) is 0. The van der Waals surface area contributed by atoms with E-state index in [2.05, 4.69) is 10.3 Å². The summed E-state index contributed by atoms with van der Waals surface area (Å²) < 4.78 is 0. The summed E-state index contributed by atoms with van der Waals surface area (Å²) in [6.45, 7) is 2.29. The maximum absolute atomic E-state index is 12.4. The lowest BCUT2D eigenvalue weighted by Crippen LogP contribution is -2.22. The third kappa shape index (κ3) is 3.96. The van der Waals surface area contributed by atoms with Gasteiger partial charge in [-0.25, -0.2) is 4.98 Å². The SMILES string of the molecule is Cc1nc(-c2ccc(Cl)cc2)sc1C(=O)NCc1ccc(Cl)cc1. The first kappa shape index (κ1) is 17.0. The van der Waals surface area contributed by atoms with E-state index in [1.54, 1.807) is 12.1 Å². The second kappa shape index (κ2) is 7.34. The minimum Gasteiger partial charge on any atom is -0.347 e. The summed E-state index contributed by atoms with van der Waals surface area (Å²) in [5.41, 5.74) is 2.66. The number of carbonyl (C=O) groups is 1. The van der Waals surface area contributed by atoms with Crippen LogP contribution in [0.15, 0.2) is 48.5 Å². The second-order valence-electron chi connectivity index (χ2n) is 5.25. The number of carbonyl (C=O) groups excluding carboxylic acids is 1. The monoisotopic (exact) mass is 376 g/mol. The van der Waals surface area contributed by atoms with Gasteiger partial charge < -0.3 is 5.32 Å². The minimum atomic E-state index is -0.125. The molecular weight excluding hydrogens is 363 g/mol. The fourth-order valence-electron chi connectivity index (χ4n) is 2.19. The number of benzene rings is 2. The van der Waals surface area contributed by atoms with Gasteiger partial charge in [0.05, 0.1) is 5.69 Å². The molecule has 1 aromatic heterocycles. The van der Waals surface area contributed by atoms with Crippen LogP contribution in [0.2, 0.25) is 10.0 Å². The van der Waals surface area contributed by atoms with Gasteiger partial charge >= 0.3 is 0 Å². The molecule has 3 aromatic rings. The number of nitrogens with one attached hydrogen (secondary N) is 1. The van der Waals surface area contributed by atoms with Gasteiger partial charge in [0.25, 0.3) is 5.91 Å². The zero-order chi connectivity index (χ0) is 17.1. The number of halogens is 2. The Hall–Kier alpha value is -1.88. The Kier molecular flexibility index (Phi) is 5.19. The Morgan fingerprint density at radius 1 is 1.04 bits per heavy atom. The Bertz CT molecular complexity index is 858. The van der Waals surface area contributed by atoms with E-state index in [4.69, 9.17) is 23.2 Å². The summed E-state index contributed by atoms with van der Waals surface area (Å²) in [7, 11) is 0. The highest BCUT2D eigenvalue weighted by molar-refractivity contribution is 7.17. The van der Waals surface area contributed by atoms with Gasteiger partial charge in [-0.2, -0.15) is 0 Å². The molecule has 3 rings (SSSR count). The molecule has 3 nitrogen and oxygen atoms in total. The van der Waals surface area contributed by atoms with E-state index in [-0.39, 0.29) is 5.91 Å². The first-order chi connectivity index (χ1) is 11.5. The van der Waals surface area contributed by atoms with Crippen molar-refractivity contribution in [2.24, 2.45) is 0 Å². The summed E-state index contributed by atoms with van der Waals surface area (Å²) >= 11 is 13.1. The molecule has 0 radical (unpaired) electrons. The van der Waals surface area contributed by atoms with Gasteiger partial charge in [-0.15, -0.1) is 11.3 Å². The van der Waals surface area contributed by atoms with Gasteiger partial charge in [0.2, 0.25) is 0 Å². The number of hydrogen-bond donors (Lipinski definition) is 1. The molecule has 0 saturated carbocycles. The van der Waals surface area contributed by atoms with Crippen molar-refractivity contribution >= 4 is 40.4 Å². The number of aryl methyl sites for hydroxylation is 1. The van der Waals surface area contributed by atoms with Crippen LogP contribution in [0.25, 0.3) is 10.6 Å². The molecule has 122 valence electrons. The zero-order valence-electron chi connectivity index (χ0n) is 12.8. The summed E-state index contributed by atoms with van der Waals surface area (Å²) in [6, 6.07) is 14.8. The summed E-state index contributed by atoms with van der Waals surface area (Å²) in [5, 5.41) is 5.07. The summed E-state index contributed by atoms with van der Waals surface area (Å²) in [4.78, 5) is 17.5. The van der Waals surface area contributed by atoms with Crippen molar-refractivity contribution in [2.45, 2.75) is 13.5 Å². The van der Waals surface area contributed by atoms with Gasteiger partial charge in [-0.05, 0) is 36.8 Å². The van der Waals surface area contributed by atoms with E-state index in [1.165, 1.54) is 11.3 Å². The Labute approximate surface area is 154 Å². The Morgan fingerprint density at radius 2 is 1.62 bits per heavy atom. The van der Waals surface area contributed by atoms with Crippen molar-refractivity contribution in [3.63, 3.8) is 0 Å². The number of aromatic nitrogens is 1. The average Bonchev–Trinajstić information content (AvgIpc) is 2.96. The predicted molar refractivity (Wildman–Crippen MR) is 99.9 cm³/mol. The maximum atomic E-state index is 12.4. The molecule has 1 N–H and O–H groups in total. The van der Waals surface area contributed by atoms with Crippen molar-refractivity contribution in [2.75, 3.05) is 0 Å². The molecular formula is C18H14Cl2N2OS. The number of amides is 1. The first-order valence-electron chi connectivity index (χ1n) is 7.29. The number of hydrogen-bond acceptors (Lipinski definition) is 3. The van der Waals surface area contributed by atoms with E-state index in [0.717, 1.165) is 21.8 Å². The van der Waals surface area contributed by atoms with Crippen molar-refractivity contribution in [1.82, 2.24) is 10.3 Å². The molecule has 0 aliphatic carbocycles. The fraction of sp³-hybridized carbons (Fsp3) is 0.111. The summed E-state index contributed by atoms with van der Waals surface area (Å²) in [5.74, 6) is -0.125. The average molecular weight is 377 g/mol. The van der Waals surface area contributed by atoms with Crippen LogP contribution >= 0.6 is 34.5 Å². The van der Waals surface area contributed by atoms with E-state index in [9.17, 15) is 4.79 Å². The van der Waals surface area contributed by atoms with Gasteiger partial charge in [0.1, 0.15) is 9.88 Å². The van der Waals surface area contributed by atoms with Gasteiger partial charge in [-0.3, -0.25) is 4.79 Å². The van der Waals surface area contributed by atoms with E-state index in [1.807, 2.05) is 43.3 Å². The smallest absolute Gasteiger partial charge is 0.263 e. The lowest BCUT2D eigenvalue weighted by molar-refractivity contribution is 0.0954. The molecule has 0 spiro atoms. The molecule has 1 amide bonds. The highest BCUT2D eigenvalue weighted by atomic mass is 35.5. The first-order valence-corrected chi connectivity index (χ1v) is 8.86. The molecule has 0 unspecified atom stereocenters. The molecule has 6 heteroatoms. The lowest BCUT2D eigenvalue weighted by Gasteiger charge is -2.04. The topological polar surface area (TPSA) is 42.0 Å². The van der Waals surface area contributed by atoms with Crippen LogP contribution in [0.1, 0.15) is 20.9 Å². The minimum absolute atomic E-state index is 0.125. The Balaban J connectivity index is 1.73. The number of thiazole rings is 1. The van der Waals surface area contributed by atoms with Gasteiger partial charge in [-0.1, -0.05) is 47.5 Å². The van der Waals surface area contributed by atoms with Crippen LogP contribution in [0.5, 0.6) is 0 Å². The van der Waals surface area contributed by atoms with Gasteiger partial charge in [0.15, 0.2) is 0 Å². The standard InChI is InChI=1S/C18H14Cl2N2OS/c1-11-16(17(23)21-10-12-2-6-14(19)7-3-12)24-18(22-11)13-4-8-15(20)9-5-13/h2-9H,10H2,1H3,(H,21,23). The zero-order valence-corrected chi connectivity index (χ0v) is 15.2. The van der Waals surface area contributed by atoms with Crippen LogP contribution in [0, 0.1) is 6.92 Å². The van der Waals surface area contributed by atoms with E-state index < -0.39 is 0 Å². The number of rotatable bonds is 4. The van der Waals surface area contributed by atoms with E-state index >= 15 is 0 Å². The van der Waals surface area contributed by atoms with E-state index in [0.29, 0.717) is 21.5 Å². The second-order valence-corrected chi connectivity index (χ2v) is 7.12. The molecule has 0 saturated heterocycles. The molecule has 1 heterocycles. The largest absolute Gasteiger partial charge is 0.347 e. The van der Waals surface area contributed by atoms with Crippen LogP contribution in [0.3, 0.4) is 0 Å². The molecule has 2 aromatic carbocycles. The quantitative estimate of drug-likeness (QED) is 0.666. The molecule has 0 aliphatic heterocycles. The normalized spacial score (nSPS) is 10.6.